The third-order valence-corrected chi connectivity index (χ3v) is 6.13. The van der Waals surface area contributed by atoms with Crippen LogP contribution >= 0.6 is 0 Å². The standard InChI is InChI=1S/C22H23N3O3S/c1-4-25(5-2)19-9-8-16-12-18(7-6-17(16)13-19)22-11-10-20(28-22)14-21(15-23)29(26,27)24-3/h6-14,24H,4-5H2,1-3H3/b21-14+. The second kappa shape index (κ2) is 8.52. The van der Waals surface area contributed by atoms with Crippen LogP contribution in [0.1, 0.15) is 19.6 Å². The fraction of sp³-hybridized carbons (Fsp3) is 0.227. The Morgan fingerprint density at radius 3 is 2.45 bits per heavy atom. The zero-order chi connectivity index (χ0) is 21.0. The summed E-state index contributed by atoms with van der Waals surface area (Å²) >= 11 is 0. The number of rotatable bonds is 7. The Kier molecular flexibility index (Phi) is 6.06. The van der Waals surface area contributed by atoms with Crippen LogP contribution in [0.2, 0.25) is 0 Å². The van der Waals surface area contributed by atoms with Crippen LogP contribution in [0.15, 0.2) is 57.9 Å². The van der Waals surface area contributed by atoms with Gasteiger partial charge in [-0.3, -0.25) is 0 Å². The van der Waals surface area contributed by atoms with Gasteiger partial charge in [0, 0.05) is 30.4 Å². The lowest BCUT2D eigenvalue weighted by molar-refractivity contribution is 0.571. The van der Waals surface area contributed by atoms with Crippen molar-refractivity contribution in [2.45, 2.75) is 13.8 Å². The molecule has 0 bridgehead atoms. The summed E-state index contributed by atoms with van der Waals surface area (Å²) in [4.78, 5) is 1.90. The Labute approximate surface area is 171 Å². The van der Waals surface area contributed by atoms with Gasteiger partial charge in [-0.25, -0.2) is 13.1 Å². The van der Waals surface area contributed by atoms with Gasteiger partial charge in [0.1, 0.15) is 17.6 Å². The van der Waals surface area contributed by atoms with Crippen LogP contribution in [-0.2, 0) is 10.0 Å². The van der Waals surface area contributed by atoms with Crippen molar-refractivity contribution < 1.29 is 12.8 Å². The van der Waals surface area contributed by atoms with Crippen molar-refractivity contribution >= 4 is 32.6 Å². The molecule has 0 aliphatic carbocycles. The summed E-state index contributed by atoms with van der Waals surface area (Å²) in [6.07, 6.45) is 1.22. The summed E-state index contributed by atoms with van der Waals surface area (Å²) in [6.45, 7) is 6.19. The molecular weight excluding hydrogens is 386 g/mol. The highest BCUT2D eigenvalue weighted by atomic mass is 32.2. The first-order valence-electron chi connectivity index (χ1n) is 9.36. The van der Waals surface area contributed by atoms with Gasteiger partial charge in [-0.2, -0.15) is 5.26 Å². The first-order valence-corrected chi connectivity index (χ1v) is 10.8. The number of furan rings is 1. The molecule has 3 rings (SSSR count). The molecule has 7 heteroatoms. The minimum atomic E-state index is -3.82. The van der Waals surface area contributed by atoms with Gasteiger partial charge in [-0.05, 0) is 62.0 Å². The highest BCUT2D eigenvalue weighted by Crippen LogP contribution is 2.29. The lowest BCUT2D eigenvalue weighted by Gasteiger charge is -2.21. The fourth-order valence-corrected chi connectivity index (χ4v) is 3.78. The summed E-state index contributed by atoms with van der Waals surface area (Å²) in [5.74, 6) is 0.900. The van der Waals surface area contributed by atoms with E-state index in [1.54, 1.807) is 18.2 Å². The van der Waals surface area contributed by atoms with E-state index in [2.05, 4.69) is 41.7 Å². The zero-order valence-corrected chi connectivity index (χ0v) is 17.5. The zero-order valence-electron chi connectivity index (χ0n) is 16.6. The van der Waals surface area contributed by atoms with Gasteiger partial charge in [0.05, 0.1) is 0 Å². The second-order valence-electron chi connectivity index (χ2n) is 6.45. The van der Waals surface area contributed by atoms with Gasteiger partial charge in [0.15, 0.2) is 4.91 Å². The molecule has 0 unspecified atom stereocenters. The summed E-state index contributed by atoms with van der Waals surface area (Å²) in [7, 11) is -2.56. The minimum absolute atomic E-state index is 0.298. The SMILES string of the molecule is CCN(CC)c1ccc2cc(-c3ccc(/C=C(\C#N)S(=O)(=O)NC)o3)ccc2c1. The van der Waals surface area contributed by atoms with Crippen LogP contribution < -0.4 is 9.62 Å². The van der Waals surface area contributed by atoms with Crippen LogP contribution in [0.25, 0.3) is 28.2 Å². The Morgan fingerprint density at radius 2 is 1.79 bits per heavy atom. The summed E-state index contributed by atoms with van der Waals surface area (Å²) in [6, 6.07) is 17.5. The molecule has 0 spiro atoms. The topological polar surface area (TPSA) is 86.3 Å². The number of benzene rings is 2. The molecule has 0 radical (unpaired) electrons. The molecule has 0 aliphatic heterocycles. The van der Waals surface area contributed by atoms with Gasteiger partial charge < -0.3 is 9.32 Å². The number of hydrogen-bond acceptors (Lipinski definition) is 5. The predicted octanol–water partition coefficient (Wildman–Crippen LogP) is 4.36. The van der Waals surface area contributed by atoms with E-state index in [-0.39, 0.29) is 0 Å². The molecule has 3 aromatic rings. The average molecular weight is 410 g/mol. The first-order chi connectivity index (χ1) is 13.9. The molecule has 6 nitrogen and oxygen atoms in total. The van der Waals surface area contributed by atoms with E-state index in [1.165, 1.54) is 18.8 Å². The van der Waals surface area contributed by atoms with Crippen molar-refractivity contribution in [3.63, 3.8) is 0 Å². The molecular formula is C22H23N3O3S. The molecule has 1 aromatic heterocycles. The molecule has 1 N–H and O–H groups in total. The average Bonchev–Trinajstić information content (AvgIpc) is 3.21. The highest BCUT2D eigenvalue weighted by Gasteiger charge is 2.16. The van der Waals surface area contributed by atoms with Gasteiger partial charge in [0.25, 0.3) is 10.0 Å². The normalized spacial score (nSPS) is 12.1. The molecule has 29 heavy (non-hydrogen) atoms. The third-order valence-electron chi connectivity index (χ3n) is 4.81. The van der Waals surface area contributed by atoms with Crippen molar-refractivity contribution in [3.05, 3.63) is 59.2 Å². The predicted molar refractivity (Wildman–Crippen MR) is 117 cm³/mol. The number of allylic oxidation sites excluding steroid dienone is 1. The van der Waals surface area contributed by atoms with E-state index in [0.717, 1.165) is 29.4 Å². The van der Waals surface area contributed by atoms with E-state index in [9.17, 15) is 8.42 Å². The summed E-state index contributed by atoms with van der Waals surface area (Å²) < 4.78 is 31.5. The maximum absolute atomic E-state index is 11.8. The van der Waals surface area contributed by atoms with Crippen LogP contribution in [0.4, 0.5) is 5.69 Å². The Morgan fingerprint density at radius 1 is 1.10 bits per heavy atom. The molecule has 0 atom stereocenters. The number of sulfonamides is 1. The first kappa shape index (κ1) is 20.6. The number of anilines is 1. The van der Waals surface area contributed by atoms with Gasteiger partial charge in [0.2, 0.25) is 0 Å². The summed E-state index contributed by atoms with van der Waals surface area (Å²) in [5.41, 5.74) is 2.07. The lowest BCUT2D eigenvalue weighted by atomic mass is 10.0. The minimum Gasteiger partial charge on any atom is -0.457 e. The molecule has 2 aromatic carbocycles. The van der Waals surface area contributed by atoms with Crippen molar-refractivity contribution in [1.82, 2.24) is 4.72 Å². The molecule has 150 valence electrons. The fourth-order valence-electron chi connectivity index (χ4n) is 3.17. The van der Waals surface area contributed by atoms with E-state index in [1.807, 2.05) is 18.2 Å². The van der Waals surface area contributed by atoms with Crippen molar-refractivity contribution in [3.8, 4) is 17.4 Å². The van der Waals surface area contributed by atoms with Crippen LogP contribution in [0.5, 0.6) is 0 Å². The monoisotopic (exact) mass is 409 g/mol. The van der Waals surface area contributed by atoms with Crippen LogP contribution in [0.3, 0.4) is 0 Å². The molecule has 0 aliphatic rings. The molecule has 1 heterocycles. The van der Waals surface area contributed by atoms with E-state index in [4.69, 9.17) is 9.68 Å². The number of nitrogens with one attached hydrogen (secondary N) is 1. The molecule has 0 saturated carbocycles. The maximum atomic E-state index is 11.8. The Balaban J connectivity index is 1.94. The van der Waals surface area contributed by atoms with E-state index >= 15 is 0 Å². The Bertz CT molecular complexity index is 1200. The summed E-state index contributed by atoms with van der Waals surface area (Å²) in [5, 5.41) is 11.3. The van der Waals surface area contributed by atoms with E-state index in [0.29, 0.717) is 11.5 Å². The largest absolute Gasteiger partial charge is 0.457 e. The molecule has 0 amide bonds. The van der Waals surface area contributed by atoms with Crippen molar-refractivity contribution in [2.24, 2.45) is 0 Å². The number of nitrogens with zero attached hydrogens (tertiary/aromatic N) is 2. The van der Waals surface area contributed by atoms with Crippen LogP contribution in [0, 0.1) is 11.3 Å². The highest BCUT2D eigenvalue weighted by molar-refractivity contribution is 7.93. The lowest BCUT2D eigenvalue weighted by Crippen LogP contribution is -2.21. The maximum Gasteiger partial charge on any atom is 0.250 e. The van der Waals surface area contributed by atoms with E-state index < -0.39 is 14.9 Å². The smallest absolute Gasteiger partial charge is 0.250 e. The quantitative estimate of drug-likeness (QED) is 0.586. The second-order valence-corrected chi connectivity index (χ2v) is 8.30. The number of fused-ring (bicyclic) bond motifs is 1. The van der Waals surface area contributed by atoms with Gasteiger partial charge in [-0.15, -0.1) is 0 Å². The van der Waals surface area contributed by atoms with Gasteiger partial charge in [-0.1, -0.05) is 18.2 Å². The van der Waals surface area contributed by atoms with Crippen LogP contribution in [-0.4, -0.2) is 28.6 Å². The molecule has 0 fully saturated rings. The number of hydrogen-bond donors (Lipinski definition) is 1. The van der Waals surface area contributed by atoms with Crippen molar-refractivity contribution in [2.75, 3.05) is 25.0 Å². The molecule has 0 saturated heterocycles. The van der Waals surface area contributed by atoms with Gasteiger partial charge >= 0.3 is 0 Å². The third kappa shape index (κ3) is 4.34. The Hall–Kier alpha value is -3.08. The number of nitriles is 1. The van der Waals surface area contributed by atoms with Crippen molar-refractivity contribution in [1.29, 1.82) is 5.26 Å².